The number of hydrogen-bond donors (Lipinski definition) is 2. The average molecular weight is 383 g/mol. The maximum atomic E-state index is 12.2. The molecule has 0 aromatic heterocycles. The maximum absolute atomic E-state index is 12.2. The fraction of sp³-hybridized carbons (Fsp3) is 0.278. The molecule has 3 N–H and O–H groups in total. The van der Waals surface area contributed by atoms with Crippen LogP contribution in [-0.4, -0.2) is 25.6 Å². The SMILES string of the molecule is COc1cc(C(=O)N[C@@H](C)CN)ccc1OCc1ccc(Cl)cc1Cl. The van der Waals surface area contributed by atoms with E-state index in [1.54, 1.807) is 36.4 Å². The quantitative estimate of drug-likeness (QED) is 0.766. The van der Waals surface area contributed by atoms with Crippen LogP contribution in [0.2, 0.25) is 10.0 Å². The van der Waals surface area contributed by atoms with Crippen molar-refractivity contribution in [3.05, 3.63) is 57.6 Å². The lowest BCUT2D eigenvalue weighted by Crippen LogP contribution is -2.37. The molecule has 0 saturated carbocycles. The molecule has 2 aromatic rings. The zero-order valence-corrected chi connectivity index (χ0v) is 15.5. The first-order valence-electron chi connectivity index (χ1n) is 7.70. The Labute approximate surface area is 157 Å². The smallest absolute Gasteiger partial charge is 0.251 e. The van der Waals surface area contributed by atoms with Gasteiger partial charge in [-0.05, 0) is 37.3 Å². The maximum Gasteiger partial charge on any atom is 0.251 e. The van der Waals surface area contributed by atoms with E-state index in [9.17, 15) is 4.79 Å². The van der Waals surface area contributed by atoms with Crippen LogP contribution in [0.3, 0.4) is 0 Å². The number of rotatable bonds is 7. The van der Waals surface area contributed by atoms with Gasteiger partial charge in [0, 0.05) is 33.8 Å². The Morgan fingerprint density at radius 1 is 1.20 bits per heavy atom. The van der Waals surface area contributed by atoms with Gasteiger partial charge in [0.2, 0.25) is 0 Å². The van der Waals surface area contributed by atoms with Gasteiger partial charge in [-0.1, -0.05) is 29.3 Å². The summed E-state index contributed by atoms with van der Waals surface area (Å²) in [6, 6.07) is 10.1. The fourth-order valence-electron chi connectivity index (χ4n) is 2.09. The zero-order chi connectivity index (χ0) is 18.4. The monoisotopic (exact) mass is 382 g/mol. The first-order chi connectivity index (χ1) is 11.9. The molecule has 0 bridgehead atoms. The third-order valence-corrected chi connectivity index (χ3v) is 4.14. The zero-order valence-electron chi connectivity index (χ0n) is 14.0. The number of benzene rings is 2. The molecule has 7 heteroatoms. The molecule has 2 rings (SSSR count). The number of amides is 1. The molecule has 0 aliphatic carbocycles. The molecule has 25 heavy (non-hydrogen) atoms. The molecule has 0 unspecified atom stereocenters. The average Bonchev–Trinajstić information content (AvgIpc) is 2.60. The van der Waals surface area contributed by atoms with Gasteiger partial charge in [0.25, 0.3) is 5.91 Å². The summed E-state index contributed by atoms with van der Waals surface area (Å²) in [5, 5.41) is 3.89. The van der Waals surface area contributed by atoms with E-state index in [1.807, 2.05) is 6.92 Å². The molecule has 134 valence electrons. The Balaban J connectivity index is 2.12. The van der Waals surface area contributed by atoms with Crippen molar-refractivity contribution >= 4 is 29.1 Å². The van der Waals surface area contributed by atoms with Crippen molar-refractivity contribution in [1.82, 2.24) is 5.32 Å². The number of nitrogens with one attached hydrogen (secondary N) is 1. The molecule has 0 aliphatic rings. The number of halogens is 2. The highest BCUT2D eigenvalue weighted by Gasteiger charge is 2.13. The third kappa shape index (κ3) is 5.26. The molecule has 1 amide bonds. The van der Waals surface area contributed by atoms with Gasteiger partial charge in [-0.3, -0.25) is 4.79 Å². The Bertz CT molecular complexity index is 753. The summed E-state index contributed by atoms with van der Waals surface area (Å²) in [6.07, 6.45) is 0. The Morgan fingerprint density at radius 2 is 1.96 bits per heavy atom. The van der Waals surface area contributed by atoms with Crippen molar-refractivity contribution in [3.8, 4) is 11.5 Å². The van der Waals surface area contributed by atoms with Gasteiger partial charge in [-0.2, -0.15) is 0 Å². The normalized spacial score (nSPS) is 11.7. The van der Waals surface area contributed by atoms with Crippen LogP contribution in [0.4, 0.5) is 0 Å². The van der Waals surface area contributed by atoms with E-state index in [0.29, 0.717) is 33.7 Å². The van der Waals surface area contributed by atoms with Crippen LogP contribution in [0.1, 0.15) is 22.8 Å². The standard InChI is InChI=1S/C18H20Cl2N2O3/c1-11(9-21)22-18(23)12-4-6-16(17(7-12)24-2)25-10-13-3-5-14(19)8-15(13)20/h3-8,11H,9-10,21H2,1-2H3,(H,22,23)/t11-/m0/s1. The predicted octanol–water partition coefficient (Wildman–Crippen LogP) is 3.66. The second kappa shape index (κ2) is 8.94. The van der Waals surface area contributed by atoms with Gasteiger partial charge < -0.3 is 20.5 Å². The molecular weight excluding hydrogens is 363 g/mol. The molecule has 5 nitrogen and oxygen atoms in total. The highest BCUT2D eigenvalue weighted by atomic mass is 35.5. The van der Waals surface area contributed by atoms with Crippen LogP contribution in [0.5, 0.6) is 11.5 Å². The summed E-state index contributed by atoms with van der Waals surface area (Å²) in [5.74, 6) is 0.749. The highest BCUT2D eigenvalue weighted by Crippen LogP contribution is 2.30. The van der Waals surface area contributed by atoms with Crippen LogP contribution in [-0.2, 0) is 6.61 Å². The lowest BCUT2D eigenvalue weighted by Gasteiger charge is -2.14. The summed E-state index contributed by atoms with van der Waals surface area (Å²) >= 11 is 12.0. The lowest BCUT2D eigenvalue weighted by atomic mass is 10.1. The van der Waals surface area contributed by atoms with Crippen LogP contribution in [0, 0.1) is 0 Å². The summed E-state index contributed by atoms with van der Waals surface area (Å²) in [5.41, 5.74) is 6.78. The van der Waals surface area contributed by atoms with Crippen molar-refractivity contribution in [2.24, 2.45) is 5.73 Å². The molecular formula is C18H20Cl2N2O3. The molecule has 0 saturated heterocycles. The number of methoxy groups -OCH3 is 1. The number of ether oxygens (including phenoxy) is 2. The van der Waals surface area contributed by atoms with Crippen molar-refractivity contribution in [2.75, 3.05) is 13.7 Å². The van der Waals surface area contributed by atoms with E-state index >= 15 is 0 Å². The fourth-order valence-corrected chi connectivity index (χ4v) is 2.55. The van der Waals surface area contributed by atoms with Crippen molar-refractivity contribution in [1.29, 1.82) is 0 Å². The van der Waals surface area contributed by atoms with Crippen molar-refractivity contribution < 1.29 is 14.3 Å². The van der Waals surface area contributed by atoms with Crippen LogP contribution in [0.15, 0.2) is 36.4 Å². The van der Waals surface area contributed by atoms with Crippen LogP contribution >= 0.6 is 23.2 Å². The number of nitrogens with two attached hydrogens (primary N) is 1. The second-order valence-corrected chi connectivity index (χ2v) is 6.34. The van der Waals surface area contributed by atoms with Crippen molar-refractivity contribution in [3.63, 3.8) is 0 Å². The largest absolute Gasteiger partial charge is 0.493 e. The topological polar surface area (TPSA) is 73.6 Å². The third-order valence-electron chi connectivity index (χ3n) is 3.56. The highest BCUT2D eigenvalue weighted by molar-refractivity contribution is 6.35. The molecule has 0 aliphatic heterocycles. The summed E-state index contributed by atoms with van der Waals surface area (Å²) < 4.78 is 11.1. The van der Waals surface area contributed by atoms with E-state index in [1.165, 1.54) is 7.11 Å². The second-order valence-electron chi connectivity index (χ2n) is 5.50. The van der Waals surface area contributed by atoms with Gasteiger partial charge in [0.05, 0.1) is 7.11 Å². The molecule has 1 atom stereocenters. The lowest BCUT2D eigenvalue weighted by molar-refractivity contribution is 0.0941. The summed E-state index contributed by atoms with van der Waals surface area (Å²) in [7, 11) is 1.52. The van der Waals surface area contributed by atoms with E-state index in [2.05, 4.69) is 5.32 Å². The Morgan fingerprint density at radius 3 is 2.60 bits per heavy atom. The molecule has 0 radical (unpaired) electrons. The van der Waals surface area contributed by atoms with Gasteiger partial charge in [0.1, 0.15) is 6.61 Å². The molecule has 0 heterocycles. The summed E-state index contributed by atoms with van der Waals surface area (Å²) in [6.45, 7) is 2.45. The molecule has 2 aromatic carbocycles. The minimum absolute atomic E-state index is 0.110. The number of carbonyl (C=O) groups excluding carboxylic acids is 1. The van der Waals surface area contributed by atoms with Gasteiger partial charge in [-0.25, -0.2) is 0 Å². The molecule has 0 spiro atoms. The van der Waals surface area contributed by atoms with E-state index in [-0.39, 0.29) is 18.6 Å². The van der Waals surface area contributed by atoms with Gasteiger partial charge in [-0.15, -0.1) is 0 Å². The van der Waals surface area contributed by atoms with Gasteiger partial charge in [0.15, 0.2) is 11.5 Å². The van der Waals surface area contributed by atoms with Crippen molar-refractivity contribution in [2.45, 2.75) is 19.6 Å². The predicted molar refractivity (Wildman–Crippen MR) is 99.8 cm³/mol. The molecule has 0 fully saturated rings. The van der Waals surface area contributed by atoms with E-state index < -0.39 is 0 Å². The van der Waals surface area contributed by atoms with E-state index in [0.717, 1.165) is 5.56 Å². The minimum Gasteiger partial charge on any atom is -0.493 e. The Hall–Kier alpha value is -1.95. The number of hydrogen-bond acceptors (Lipinski definition) is 4. The van der Waals surface area contributed by atoms with Crippen LogP contribution < -0.4 is 20.5 Å². The number of carbonyl (C=O) groups is 1. The first-order valence-corrected chi connectivity index (χ1v) is 8.46. The van der Waals surface area contributed by atoms with E-state index in [4.69, 9.17) is 38.4 Å². The van der Waals surface area contributed by atoms with Crippen LogP contribution in [0.25, 0.3) is 0 Å². The first kappa shape index (κ1) is 19.4. The minimum atomic E-state index is -0.219. The Kier molecular flexibility index (Phi) is 6.93. The summed E-state index contributed by atoms with van der Waals surface area (Å²) in [4.78, 5) is 12.2. The van der Waals surface area contributed by atoms with Gasteiger partial charge >= 0.3 is 0 Å².